The molecule has 1 aromatic carbocycles. The second-order valence-corrected chi connectivity index (χ2v) is 7.65. The largest absolute Gasteiger partial charge is 0.497 e. The van der Waals surface area contributed by atoms with Crippen molar-refractivity contribution in [2.45, 2.75) is 45.1 Å². The fourth-order valence-electron chi connectivity index (χ4n) is 4.11. The maximum absolute atomic E-state index is 12.5. The number of carbonyl (C=O) groups is 1. The summed E-state index contributed by atoms with van der Waals surface area (Å²) in [7, 11) is 1.69. The molecule has 0 bridgehead atoms. The molecule has 144 valence electrons. The van der Waals surface area contributed by atoms with E-state index >= 15 is 0 Å². The van der Waals surface area contributed by atoms with E-state index < -0.39 is 0 Å². The van der Waals surface area contributed by atoms with Crippen molar-refractivity contribution in [2.24, 2.45) is 5.92 Å². The molecule has 0 radical (unpaired) electrons. The van der Waals surface area contributed by atoms with E-state index in [4.69, 9.17) is 4.74 Å². The number of carbonyl (C=O) groups excluding carboxylic acids is 1. The highest BCUT2D eigenvalue weighted by Gasteiger charge is 2.26. The molecule has 0 aromatic heterocycles. The molecule has 5 heteroatoms. The van der Waals surface area contributed by atoms with Gasteiger partial charge in [-0.1, -0.05) is 19.3 Å². The number of methoxy groups -OCH3 is 1. The van der Waals surface area contributed by atoms with Gasteiger partial charge < -0.3 is 15.0 Å². The molecule has 1 aliphatic carbocycles. The van der Waals surface area contributed by atoms with Gasteiger partial charge in [0.1, 0.15) is 5.75 Å². The Morgan fingerprint density at radius 2 is 1.77 bits per heavy atom. The average molecular weight is 360 g/mol. The molecule has 1 N–H and O–H groups in total. The SMILES string of the molecule is COc1ccc(N2CCN([C@@H](C)C(=O)NCC3CCCCC3)CC2)cc1. The summed E-state index contributed by atoms with van der Waals surface area (Å²) in [6.45, 7) is 6.64. The van der Waals surface area contributed by atoms with Crippen LogP contribution in [-0.2, 0) is 4.79 Å². The van der Waals surface area contributed by atoms with Crippen LogP contribution < -0.4 is 15.0 Å². The zero-order valence-corrected chi connectivity index (χ0v) is 16.2. The minimum Gasteiger partial charge on any atom is -0.497 e. The third-order valence-corrected chi connectivity index (χ3v) is 5.97. The van der Waals surface area contributed by atoms with Crippen LogP contribution >= 0.6 is 0 Å². The van der Waals surface area contributed by atoms with E-state index in [1.165, 1.54) is 37.8 Å². The predicted molar refractivity (Wildman–Crippen MR) is 106 cm³/mol. The molecule has 2 aliphatic rings. The van der Waals surface area contributed by atoms with Crippen LogP contribution in [0.2, 0.25) is 0 Å². The lowest BCUT2D eigenvalue weighted by Gasteiger charge is -2.38. The number of amides is 1. The third kappa shape index (κ3) is 4.91. The van der Waals surface area contributed by atoms with E-state index in [0.717, 1.165) is 38.5 Å². The van der Waals surface area contributed by atoms with Crippen LogP contribution in [0.15, 0.2) is 24.3 Å². The summed E-state index contributed by atoms with van der Waals surface area (Å²) in [6, 6.07) is 8.17. The number of benzene rings is 1. The lowest BCUT2D eigenvalue weighted by atomic mass is 9.89. The summed E-state index contributed by atoms with van der Waals surface area (Å²) in [6.07, 6.45) is 6.55. The van der Waals surface area contributed by atoms with Gasteiger partial charge >= 0.3 is 0 Å². The van der Waals surface area contributed by atoms with Crippen molar-refractivity contribution < 1.29 is 9.53 Å². The molecule has 1 saturated carbocycles. The molecule has 1 atom stereocenters. The van der Waals surface area contributed by atoms with Gasteiger partial charge in [-0.3, -0.25) is 9.69 Å². The minimum absolute atomic E-state index is 0.0448. The Morgan fingerprint density at radius 3 is 2.38 bits per heavy atom. The first-order valence-electron chi connectivity index (χ1n) is 10.1. The molecule has 1 saturated heterocycles. The van der Waals surface area contributed by atoms with Gasteiger partial charge in [-0.15, -0.1) is 0 Å². The fraction of sp³-hybridized carbons (Fsp3) is 0.667. The van der Waals surface area contributed by atoms with Gasteiger partial charge in [0.25, 0.3) is 0 Å². The van der Waals surface area contributed by atoms with Crippen molar-refractivity contribution in [3.05, 3.63) is 24.3 Å². The van der Waals surface area contributed by atoms with Gasteiger partial charge in [-0.25, -0.2) is 0 Å². The van der Waals surface area contributed by atoms with Crippen LogP contribution in [0.5, 0.6) is 5.75 Å². The number of anilines is 1. The first kappa shape index (κ1) is 19.0. The Bertz CT molecular complexity index is 561. The Labute approximate surface area is 157 Å². The van der Waals surface area contributed by atoms with Gasteiger partial charge in [0.05, 0.1) is 13.2 Å². The molecular formula is C21H33N3O2. The molecule has 0 unspecified atom stereocenters. The maximum atomic E-state index is 12.5. The Morgan fingerprint density at radius 1 is 1.12 bits per heavy atom. The van der Waals surface area contributed by atoms with Crippen LogP contribution in [-0.4, -0.2) is 56.7 Å². The monoisotopic (exact) mass is 359 g/mol. The number of hydrogen-bond donors (Lipinski definition) is 1. The van der Waals surface area contributed by atoms with Crippen molar-refractivity contribution in [3.63, 3.8) is 0 Å². The number of ether oxygens (including phenoxy) is 1. The van der Waals surface area contributed by atoms with Gasteiger partial charge in [-0.2, -0.15) is 0 Å². The van der Waals surface area contributed by atoms with Crippen LogP contribution in [0.3, 0.4) is 0 Å². The van der Waals surface area contributed by atoms with E-state index in [0.29, 0.717) is 5.92 Å². The fourth-order valence-corrected chi connectivity index (χ4v) is 4.11. The van der Waals surface area contributed by atoms with E-state index in [9.17, 15) is 4.79 Å². The lowest BCUT2D eigenvalue weighted by Crippen LogP contribution is -2.54. The Balaban J connectivity index is 1.43. The minimum atomic E-state index is -0.0448. The summed E-state index contributed by atoms with van der Waals surface area (Å²) >= 11 is 0. The summed E-state index contributed by atoms with van der Waals surface area (Å²) < 4.78 is 5.23. The van der Waals surface area contributed by atoms with Gasteiger partial charge in [0.15, 0.2) is 0 Å². The smallest absolute Gasteiger partial charge is 0.237 e. The average Bonchev–Trinajstić information content (AvgIpc) is 2.72. The molecule has 1 heterocycles. The molecule has 5 nitrogen and oxygen atoms in total. The second kappa shape index (κ2) is 9.26. The van der Waals surface area contributed by atoms with Gasteiger partial charge in [-0.05, 0) is 49.9 Å². The summed E-state index contributed by atoms with van der Waals surface area (Å²) in [5.41, 5.74) is 1.22. The highest BCUT2D eigenvalue weighted by atomic mass is 16.5. The normalized spacial score (nSPS) is 20.6. The van der Waals surface area contributed by atoms with Crippen LogP contribution in [0, 0.1) is 5.92 Å². The van der Waals surface area contributed by atoms with E-state index in [1.54, 1.807) is 7.11 Å². The Kier molecular flexibility index (Phi) is 6.78. The van der Waals surface area contributed by atoms with Crippen LogP contribution in [0.1, 0.15) is 39.0 Å². The molecule has 0 spiro atoms. The van der Waals surface area contributed by atoms with Crippen LogP contribution in [0.25, 0.3) is 0 Å². The first-order valence-corrected chi connectivity index (χ1v) is 10.1. The number of nitrogens with zero attached hydrogens (tertiary/aromatic N) is 2. The zero-order chi connectivity index (χ0) is 18.4. The quantitative estimate of drug-likeness (QED) is 0.848. The molecule has 3 rings (SSSR count). The van der Waals surface area contributed by atoms with Crippen molar-refractivity contribution in [3.8, 4) is 5.75 Å². The van der Waals surface area contributed by atoms with Crippen molar-refractivity contribution >= 4 is 11.6 Å². The third-order valence-electron chi connectivity index (χ3n) is 5.97. The van der Waals surface area contributed by atoms with Crippen molar-refractivity contribution in [2.75, 3.05) is 44.7 Å². The maximum Gasteiger partial charge on any atom is 0.237 e. The van der Waals surface area contributed by atoms with E-state index in [2.05, 4.69) is 27.2 Å². The van der Waals surface area contributed by atoms with Gasteiger partial charge in [0, 0.05) is 38.4 Å². The summed E-state index contributed by atoms with van der Waals surface area (Å²) in [4.78, 5) is 17.2. The summed E-state index contributed by atoms with van der Waals surface area (Å²) in [5.74, 6) is 1.76. The van der Waals surface area contributed by atoms with E-state index in [1.807, 2.05) is 19.1 Å². The molecular weight excluding hydrogens is 326 g/mol. The molecule has 1 aliphatic heterocycles. The number of piperazine rings is 1. The standard InChI is InChI=1S/C21H33N3O2/c1-17(21(25)22-16-18-6-4-3-5-7-18)23-12-14-24(15-13-23)19-8-10-20(26-2)11-9-19/h8-11,17-18H,3-7,12-16H2,1-2H3,(H,22,25)/t17-/m0/s1. The predicted octanol–water partition coefficient (Wildman–Crippen LogP) is 2.90. The van der Waals surface area contributed by atoms with Gasteiger partial charge in [0.2, 0.25) is 5.91 Å². The first-order chi connectivity index (χ1) is 12.7. The molecule has 1 amide bonds. The molecule has 1 aromatic rings. The van der Waals surface area contributed by atoms with Crippen LogP contribution in [0.4, 0.5) is 5.69 Å². The van der Waals surface area contributed by atoms with Crippen molar-refractivity contribution in [1.82, 2.24) is 10.2 Å². The highest BCUT2D eigenvalue weighted by Crippen LogP contribution is 2.23. The molecule has 2 fully saturated rings. The second-order valence-electron chi connectivity index (χ2n) is 7.65. The lowest BCUT2D eigenvalue weighted by molar-refractivity contribution is -0.126. The number of rotatable bonds is 6. The highest BCUT2D eigenvalue weighted by molar-refractivity contribution is 5.81. The molecule has 26 heavy (non-hydrogen) atoms. The topological polar surface area (TPSA) is 44.8 Å². The van der Waals surface area contributed by atoms with E-state index in [-0.39, 0.29) is 11.9 Å². The Hall–Kier alpha value is -1.75. The summed E-state index contributed by atoms with van der Waals surface area (Å²) in [5, 5.41) is 3.20. The zero-order valence-electron chi connectivity index (χ0n) is 16.2. The number of nitrogens with one attached hydrogen (secondary N) is 1. The number of hydrogen-bond acceptors (Lipinski definition) is 4. The van der Waals surface area contributed by atoms with Crippen molar-refractivity contribution in [1.29, 1.82) is 0 Å².